The maximum atomic E-state index is 11.5. The van der Waals surface area contributed by atoms with Gasteiger partial charge in [-0.05, 0) is 24.3 Å². The topological polar surface area (TPSA) is 99.1 Å². The van der Waals surface area contributed by atoms with Gasteiger partial charge >= 0.3 is 0 Å². The molecule has 0 amide bonds. The normalized spacial score (nSPS) is 11.3. The molecule has 0 saturated carbocycles. The molecule has 0 aliphatic rings. The Morgan fingerprint density at radius 3 is 1.67 bits per heavy atom. The fraction of sp³-hybridized carbons (Fsp3) is 0.217. The minimum Gasteiger partial charge on any atom is -0.487 e. The lowest BCUT2D eigenvalue weighted by atomic mass is 10.2. The first-order valence-corrected chi connectivity index (χ1v) is 9.43. The van der Waals surface area contributed by atoms with Gasteiger partial charge in [-0.1, -0.05) is 24.3 Å². The van der Waals surface area contributed by atoms with Gasteiger partial charge < -0.3 is 23.4 Å². The number of aliphatic hydroxyl groups excluding tert-OH is 1. The molecule has 7 nitrogen and oxygen atoms in total. The Labute approximate surface area is 171 Å². The molecule has 4 rings (SSSR count). The minimum atomic E-state index is -0.931. The molecule has 7 heteroatoms. The van der Waals surface area contributed by atoms with Crippen LogP contribution in [0.25, 0.3) is 21.9 Å². The summed E-state index contributed by atoms with van der Waals surface area (Å²) < 4.78 is 22.5. The molecule has 4 aromatic rings. The van der Waals surface area contributed by atoms with Crippen molar-refractivity contribution < 1.29 is 33.0 Å². The third kappa shape index (κ3) is 3.92. The number of Topliss-reactive ketones (excluding diaryl/α,β-unsaturated/α-hetero) is 2. The van der Waals surface area contributed by atoms with Crippen LogP contribution in [0.5, 0.6) is 11.5 Å². The average molecular weight is 408 g/mol. The molecule has 0 atom stereocenters. The van der Waals surface area contributed by atoms with E-state index in [9.17, 15) is 14.7 Å². The monoisotopic (exact) mass is 408 g/mol. The largest absolute Gasteiger partial charge is 0.487 e. The number of hydrogen-bond acceptors (Lipinski definition) is 7. The molecule has 2 aromatic heterocycles. The lowest BCUT2D eigenvalue weighted by molar-refractivity contribution is 0.0629. The molecule has 0 fully saturated rings. The number of ether oxygens (including phenoxy) is 2. The maximum Gasteiger partial charge on any atom is 0.194 e. The Balaban J connectivity index is 1.42. The summed E-state index contributed by atoms with van der Waals surface area (Å²) in [5.41, 5.74) is 0.904. The Kier molecular flexibility index (Phi) is 5.29. The summed E-state index contributed by atoms with van der Waals surface area (Å²) >= 11 is 0. The van der Waals surface area contributed by atoms with Crippen molar-refractivity contribution in [2.75, 3.05) is 13.2 Å². The fourth-order valence-corrected chi connectivity index (χ4v) is 3.07. The molecule has 2 aromatic carbocycles. The molecule has 0 bridgehead atoms. The molecule has 2 heterocycles. The van der Waals surface area contributed by atoms with Crippen LogP contribution in [-0.4, -0.2) is 36.0 Å². The zero-order valence-corrected chi connectivity index (χ0v) is 16.5. The first kappa shape index (κ1) is 19.7. The predicted molar refractivity (Wildman–Crippen MR) is 109 cm³/mol. The van der Waals surface area contributed by atoms with E-state index in [1.54, 1.807) is 36.4 Å². The van der Waals surface area contributed by atoms with Gasteiger partial charge in [0.25, 0.3) is 0 Å². The number of carbonyl (C=O) groups is 2. The van der Waals surface area contributed by atoms with E-state index in [0.29, 0.717) is 22.7 Å². The molecule has 30 heavy (non-hydrogen) atoms. The predicted octanol–water partition coefficient (Wildman–Crippen LogP) is 4.40. The summed E-state index contributed by atoms with van der Waals surface area (Å²) in [5.74, 6) is 1.01. The van der Waals surface area contributed by atoms with Gasteiger partial charge in [0, 0.05) is 24.6 Å². The molecule has 0 aliphatic heterocycles. The van der Waals surface area contributed by atoms with Gasteiger partial charge in [0.2, 0.25) is 0 Å². The van der Waals surface area contributed by atoms with Crippen LogP contribution in [0, 0.1) is 0 Å². The van der Waals surface area contributed by atoms with Crippen LogP contribution < -0.4 is 9.47 Å². The zero-order chi connectivity index (χ0) is 21.3. The number of benzene rings is 2. The van der Waals surface area contributed by atoms with Crippen LogP contribution in [0.2, 0.25) is 0 Å². The van der Waals surface area contributed by atoms with E-state index < -0.39 is 6.10 Å². The molecule has 0 saturated heterocycles. The van der Waals surface area contributed by atoms with Crippen molar-refractivity contribution in [2.24, 2.45) is 0 Å². The van der Waals surface area contributed by atoms with Crippen molar-refractivity contribution in [3.63, 3.8) is 0 Å². The number of para-hydroxylation sites is 2. The second-order valence-corrected chi connectivity index (χ2v) is 6.96. The number of furan rings is 2. The van der Waals surface area contributed by atoms with Crippen LogP contribution in [0.1, 0.15) is 35.0 Å². The lowest BCUT2D eigenvalue weighted by Crippen LogP contribution is -2.25. The highest BCUT2D eigenvalue weighted by Crippen LogP contribution is 2.30. The third-order valence-electron chi connectivity index (χ3n) is 4.57. The van der Waals surface area contributed by atoms with Crippen LogP contribution in [0.4, 0.5) is 0 Å². The lowest BCUT2D eigenvalue weighted by Gasteiger charge is -2.14. The number of fused-ring (bicyclic) bond motifs is 2. The van der Waals surface area contributed by atoms with Gasteiger partial charge in [0.15, 0.2) is 45.8 Å². The standard InChI is InChI=1S/C23H20O7/c1-13(24)20-9-15-5-3-7-18(22(15)29-20)27-11-17(26)12-28-19-8-4-6-16-10-21(14(2)25)30-23(16)19/h3-10,17,26H,11-12H2,1-2H3. The first-order valence-electron chi connectivity index (χ1n) is 9.43. The SMILES string of the molecule is CC(=O)c1cc2cccc(OCC(O)COc3cccc4cc(C(C)=O)oc34)c2o1. The van der Waals surface area contributed by atoms with E-state index in [1.165, 1.54) is 13.8 Å². The van der Waals surface area contributed by atoms with Crippen molar-refractivity contribution >= 4 is 33.5 Å². The van der Waals surface area contributed by atoms with Crippen LogP contribution in [0.15, 0.2) is 57.4 Å². The van der Waals surface area contributed by atoms with E-state index in [-0.39, 0.29) is 36.3 Å². The zero-order valence-electron chi connectivity index (χ0n) is 16.5. The van der Waals surface area contributed by atoms with Gasteiger partial charge in [0.05, 0.1) is 0 Å². The summed E-state index contributed by atoms with van der Waals surface area (Å²) in [4.78, 5) is 23.1. The number of hydrogen-bond donors (Lipinski definition) is 1. The van der Waals surface area contributed by atoms with Crippen molar-refractivity contribution in [1.82, 2.24) is 0 Å². The highest BCUT2D eigenvalue weighted by Gasteiger charge is 2.16. The summed E-state index contributed by atoms with van der Waals surface area (Å²) in [6.07, 6.45) is -0.931. The fourth-order valence-electron chi connectivity index (χ4n) is 3.07. The summed E-state index contributed by atoms with van der Waals surface area (Å²) in [7, 11) is 0. The molecular weight excluding hydrogens is 388 g/mol. The van der Waals surface area contributed by atoms with Gasteiger partial charge in [-0.15, -0.1) is 0 Å². The van der Waals surface area contributed by atoms with Gasteiger partial charge in [-0.2, -0.15) is 0 Å². The minimum absolute atomic E-state index is 0.0396. The summed E-state index contributed by atoms with van der Waals surface area (Å²) in [6.45, 7) is 2.78. The van der Waals surface area contributed by atoms with Gasteiger partial charge in [-0.3, -0.25) is 9.59 Å². The highest BCUT2D eigenvalue weighted by atomic mass is 16.5. The van der Waals surface area contributed by atoms with Crippen molar-refractivity contribution in [2.45, 2.75) is 20.0 Å². The van der Waals surface area contributed by atoms with Crippen LogP contribution in [-0.2, 0) is 0 Å². The van der Waals surface area contributed by atoms with Crippen molar-refractivity contribution in [1.29, 1.82) is 0 Å². The molecule has 1 N–H and O–H groups in total. The Bertz CT molecular complexity index is 1140. The van der Waals surface area contributed by atoms with E-state index in [1.807, 2.05) is 12.1 Å². The molecule has 0 aliphatic carbocycles. The van der Waals surface area contributed by atoms with Gasteiger partial charge in [0.1, 0.15) is 19.3 Å². The maximum absolute atomic E-state index is 11.5. The Hall–Kier alpha value is -3.58. The van der Waals surface area contributed by atoms with E-state index in [2.05, 4.69) is 0 Å². The van der Waals surface area contributed by atoms with Gasteiger partial charge in [-0.25, -0.2) is 0 Å². The number of aliphatic hydroxyl groups is 1. The molecule has 0 unspecified atom stereocenters. The van der Waals surface area contributed by atoms with E-state index >= 15 is 0 Å². The van der Waals surface area contributed by atoms with Crippen molar-refractivity contribution in [3.05, 3.63) is 60.1 Å². The first-order chi connectivity index (χ1) is 14.4. The van der Waals surface area contributed by atoms with Crippen LogP contribution in [0.3, 0.4) is 0 Å². The summed E-state index contributed by atoms with van der Waals surface area (Å²) in [5, 5.41) is 11.8. The van der Waals surface area contributed by atoms with Crippen LogP contribution >= 0.6 is 0 Å². The van der Waals surface area contributed by atoms with Crippen molar-refractivity contribution in [3.8, 4) is 11.5 Å². The van der Waals surface area contributed by atoms with E-state index in [0.717, 1.165) is 10.8 Å². The Morgan fingerprint density at radius 2 is 1.27 bits per heavy atom. The Morgan fingerprint density at radius 1 is 0.833 bits per heavy atom. The molecular formula is C23H20O7. The number of ketones is 2. The number of carbonyl (C=O) groups excluding carboxylic acids is 2. The summed E-state index contributed by atoms with van der Waals surface area (Å²) in [6, 6.07) is 13.9. The van der Waals surface area contributed by atoms with E-state index in [4.69, 9.17) is 18.3 Å². The molecule has 154 valence electrons. The molecule has 0 spiro atoms. The second kappa shape index (κ2) is 8.04. The number of rotatable bonds is 8. The quantitative estimate of drug-likeness (QED) is 0.431. The highest BCUT2D eigenvalue weighted by molar-refractivity contribution is 5.97. The smallest absolute Gasteiger partial charge is 0.194 e. The molecule has 0 radical (unpaired) electrons. The average Bonchev–Trinajstić information content (AvgIpc) is 3.35. The third-order valence-corrected chi connectivity index (χ3v) is 4.57. The second-order valence-electron chi connectivity index (χ2n) is 6.96.